The highest BCUT2D eigenvalue weighted by Gasteiger charge is 2.21. The third kappa shape index (κ3) is 4.32. The van der Waals surface area contributed by atoms with E-state index < -0.39 is 5.97 Å². The van der Waals surface area contributed by atoms with Gasteiger partial charge in [0, 0.05) is 15.2 Å². The van der Waals surface area contributed by atoms with Crippen LogP contribution >= 0.6 is 15.9 Å². The van der Waals surface area contributed by atoms with Gasteiger partial charge in [-0.2, -0.15) is 0 Å². The number of halogens is 1. The zero-order valence-electron chi connectivity index (χ0n) is 15.0. The van der Waals surface area contributed by atoms with Crippen LogP contribution in [0.4, 0.5) is 5.82 Å². The van der Waals surface area contributed by atoms with Crippen LogP contribution in [0.5, 0.6) is 5.75 Å². The first-order valence-corrected chi connectivity index (χ1v) is 9.03. The fourth-order valence-corrected chi connectivity index (χ4v) is 2.76. The highest BCUT2D eigenvalue weighted by atomic mass is 79.9. The number of hydrogen-bond acceptors (Lipinski definition) is 5. The Morgan fingerprint density at radius 3 is 2.46 bits per heavy atom. The van der Waals surface area contributed by atoms with E-state index >= 15 is 0 Å². The van der Waals surface area contributed by atoms with Crippen molar-refractivity contribution in [3.63, 3.8) is 0 Å². The molecule has 0 unspecified atom stereocenters. The maximum atomic E-state index is 12.1. The lowest BCUT2D eigenvalue weighted by molar-refractivity contribution is 0.0589. The van der Waals surface area contributed by atoms with Crippen molar-refractivity contribution >= 4 is 38.5 Å². The van der Waals surface area contributed by atoms with Gasteiger partial charge in [-0.25, -0.2) is 9.78 Å². The molecule has 0 radical (unpaired) electrons. The molecule has 3 rings (SSSR count). The second-order valence-electron chi connectivity index (χ2n) is 5.13. The summed E-state index contributed by atoms with van der Waals surface area (Å²) in [6.07, 6.45) is 0. The lowest BCUT2D eigenvalue weighted by atomic mass is 10.1. The van der Waals surface area contributed by atoms with Crippen LogP contribution in [0.25, 0.3) is 10.8 Å². The van der Waals surface area contributed by atoms with Gasteiger partial charge in [0.15, 0.2) is 11.4 Å². The molecule has 0 aliphatic heterocycles. The van der Waals surface area contributed by atoms with E-state index in [1.807, 2.05) is 62.4 Å². The smallest absolute Gasteiger partial charge is 0.360 e. The molecule has 0 bridgehead atoms. The van der Waals surface area contributed by atoms with Gasteiger partial charge in [0.25, 0.3) is 0 Å². The molecule has 0 atom stereocenters. The molecule has 1 aromatic heterocycles. The first-order valence-electron chi connectivity index (χ1n) is 8.24. The number of ether oxygens (including phenoxy) is 2. The molecular weight excluding hydrogens is 396 g/mol. The summed E-state index contributed by atoms with van der Waals surface area (Å²) in [4.78, 5) is 16.3. The zero-order chi connectivity index (χ0) is 19.1. The molecular formula is C20H21BrN2O3. The van der Waals surface area contributed by atoms with Crippen LogP contribution in [-0.4, -0.2) is 18.1 Å². The molecule has 0 aliphatic carbocycles. The van der Waals surface area contributed by atoms with Gasteiger partial charge < -0.3 is 15.2 Å². The van der Waals surface area contributed by atoms with Gasteiger partial charge in [-0.3, -0.25) is 0 Å². The minimum absolute atomic E-state index is 0.0701. The van der Waals surface area contributed by atoms with E-state index in [4.69, 9.17) is 15.2 Å². The van der Waals surface area contributed by atoms with Crippen molar-refractivity contribution in [2.24, 2.45) is 0 Å². The monoisotopic (exact) mass is 416 g/mol. The van der Waals surface area contributed by atoms with Gasteiger partial charge in [0.2, 0.25) is 0 Å². The number of carbonyl (C=O) groups excluding carboxylic acids is 1. The number of hydrogen-bond donors (Lipinski definition) is 1. The molecule has 6 heteroatoms. The van der Waals surface area contributed by atoms with Crippen LogP contribution in [0.15, 0.2) is 53.0 Å². The normalized spacial score (nSPS) is 10.0. The molecule has 0 saturated carbocycles. The quantitative estimate of drug-likeness (QED) is 0.607. The lowest BCUT2D eigenvalue weighted by Gasteiger charge is -2.14. The fourth-order valence-electron chi connectivity index (χ4n) is 2.40. The summed E-state index contributed by atoms with van der Waals surface area (Å²) >= 11 is 3.41. The van der Waals surface area contributed by atoms with E-state index in [-0.39, 0.29) is 11.5 Å². The summed E-state index contributed by atoms with van der Waals surface area (Å²) < 4.78 is 11.6. The molecule has 136 valence electrons. The lowest BCUT2D eigenvalue weighted by Crippen LogP contribution is -2.11. The average molecular weight is 417 g/mol. The summed E-state index contributed by atoms with van der Waals surface area (Å²) in [6.45, 7) is 4.31. The number of carbonyl (C=O) groups is 1. The molecule has 0 amide bonds. The molecule has 26 heavy (non-hydrogen) atoms. The number of esters is 1. The Kier molecular flexibility index (Phi) is 6.97. The Balaban J connectivity index is 0.00000117. The number of benzene rings is 2. The molecule has 0 fully saturated rings. The van der Waals surface area contributed by atoms with E-state index in [2.05, 4.69) is 20.9 Å². The number of methoxy groups -OCH3 is 1. The summed E-state index contributed by atoms with van der Waals surface area (Å²) in [5.74, 6) is 0.0238. The first kappa shape index (κ1) is 19.7. The number of anilines is 1. The van der Waals surface area contributed by atoms with E-state index in [0.29, 0.717) is 23.1 Å². The number of pyridine rings is 1. The second-order valence-corrected chi connectivity index (χ2v) is 6.05. The highest BCUT2D eigenvalue weighted by Crippen LogP contribution is 2.34. The molecule has 5 nitrogen and oxygen atoms in total. The molecule has 3 aromatic rings. The Morgan fingerprint density at radius 1 is 1.12 bits per heavy atom. The highest BCUT2D eigenvalue weighted by molar-refractivity contribution is 9.10. The third-order valence-corrected chi connectivity index (χ3v) is 4.05. The first-order chi connectivity index (χ1) is 12.6. The number of nitrogen functional groups attached to an aromatic ring is 1. The Labute approximate surface area is 161 Å². The van der Waals surface area contributed by atoms with Crippen LogP contribution in [-0.2, 0) is 11.3 Å². The maximum absolute atomic E-state index is 12.1. The van der Waals surface area contributed by atoms with E-state index in [1.165, 1.54) is 7.11 Å². The van der Waals surface area contributed by atoms with Gasteiger partial charge in [0.1, 0.15) is 12.4 Å². The van der Waals surface area contributed by atoms with Gasteiger partial charge in [0.05, 0.1) is 7.11 Å². The molecule has 0 aliphatic rings. The average Bonchev–Trinajstić information content (AvgIpc) is 2.69. The van der Waals surface area contributed by atoms with Crippen molar-refractivity contribution in [3.8, 4) is 5.75 Å². The number of nitrogens with zero attached hydrogens (tertiary/aromatic N) is 1. The number of fused-ring (bicyclic) bond motifs is 1. The standard InChI is InChI=1S/C18H15BrN2O3.C2H6/c1-23-18(22)15-16(24-10-11-5-3-2-4-6-11)13-8-7-12(19)9-14(13)17(20)21-15;1-2/h2-9H,10H2,1H3,(H2,20,21);1-2H3. The molecule has 0 saturated heterocycles. The van der Waals surface area contributed by atoms with Crippen LogP contribution in [0.1, 0.15) is 29.9 Å². The van der Waals surface area contributed by atoms with Crippen molar-refractivity contribution in [1.29, 1.82) is 0 Å². The third-order valence-electron chi connectivity index (χ3n) is 3.55. The predicted molar refractivity (Wildman–Crippen MR) is 107 cm³/mol. The SMILES string of the molecule is CC.COC(=O)c1nc(N)c2cc(Br)ccc2c1OCc1ccccc1. The topological polar surface area (TPSA) is 74.4 Å². The van der Waals surface area contributed by atoms with E-state index in [1.54, 1.807) is 0 Å². The molecule has 2 aromatic carbocycles. The number of aromatic nitrogens is 1. The van der Waals surface area contributed by atoms with Crippen molar-refractivity contribution in [2.45, 2.75) is 20.5 Å². The van der Waals surface area contributed by atoms with Crippen molar-refractivity contribution in [2.75, 3.05) is 12.8 Å². The Hall–Kier alpha value is -2.60. The van der Waals surface area contributed by atoms with Crippen molar-refractivity contribution in [3.05, 3.63) is 64.3 Å². The molecule has 2 N–H and O–H groups in total. The van der Waals surface area contributed by atoms with Gasteiger partial charge in [-0.15, -0.1) is 0 Å². The van der Waals surface area contributed by atoms with Crippen LogP contribution < -0.4 is 10.5 Å². The molecule has 0 spiro atoms. The van der Waals surface area contributed by atoms with E-state index in [0.717, 1.165) is 10.0 Å². The van der Waals surface area contributed by atoms with Crippen LogP contribution in [0, 0.1) is 0 Å². The van der Waals surface area contributed by atoms with Crippen LogP contribution in [0.3, 0.4) is 0 Å². The van der Waals surface area contributed by atoms with Gasteiger partial charge in [-0.1, -0.05) is 60.1 Å². The summed E-state index contributed by atoms with van der Waals surface area (Å²) in [6, 6.07) is 15.2. The van der Waals surface area contributed by atoms with Crippen molar-refractivity contribution < 1.29 is 14.3 Å². The second kappa shape index (κ2) is 9.20. The van der Waals surface area contributed by atoms with Gasteiger partial charge in [-0.05, 0) is 23.8 Å². The summed E-state index contributed by atoms with van der Waals surface area (Å²) in [7, 11) is 1.30. The largest absolute Gasteiger partial charge is 0.486 e. The zero-order valence-corrected chi connectivity index (χ0v) is 16.5. The minimum Gasteiger partial charge on any atom is -0.486 e. The maximum Gasteiger partial charge on any atom is 0.360 e. The Bertz CT molecular complexity index is 898. The summed E-state index contributed by atoms with van der Waals surface area (Å²) in [5.41, 5.74) is 7.05. The number of nitrogens with two attached hydrogens (primary N) is 1. The van der Waals surface area contributed by atoms with Crippen LogP contribution in [0.2, 0.25) is 0 Å². The summed E-state index contributed by atoms with van der Waals surface area (Å²) in [5, 5.41) is 1.42. The van der Waals surface area contributed by atoms with Crippen molar-refractivity contribution in [1.82, 2.24) is 4.98 Å². The predicted octanol–water partition coefficient (Wildman–Crippen LogP) is 4.97. The fraction of sp³-hybridized carbons (Fsp3) is 0.200. The molecule has 1 heterocycles. The Morgan fingerprint density at radius 2 is 1.81 bits per heavy atom. The minimum atomic E-state index is -0.588. The number of rotatable bonds is 4. The van der Waals surface area contributed by atoms with E-state index in [9.17, 15) is 4.79 Å². The van der Waals surface area contributed by atoms with Gasteiger partial charge >= 0.3 is 5.97 Å².